The van der Waals surface area contributed by atoms with Crippen LogP contribution >= 0.6 is 0 Å². The van der Waals surface area contributed by atoms with E-state index in [1.807, 2.05) is 42.5 Å². The third-order valence-corrected chi connectivity index (χ3v) is 7.36. The Bertz CT molecular complexity index is 1660. The smallest absolute Gasteiger partial charge is 0.259 e. The van der Waals surface area contributed by atoms with Gasteiger partial charge in [0, 0.05) is 53.4 Å². The van der Waals surface area contributed by atoms with Crippen molar-refractivity contribution < 1.29 is 9.59 Å². The number of aromatic nitrogens is 2. The summed E-state index contributed by atoms with van der Waals surface area (Å²) in [6, 6.07) is 15.6. The number of aromatic amines is 1. The van der Waals surface area contributed by atoms with Crippen molar-refractivity contribution in [2.24, 2.45) is 5.92 Å². The predicted octanol–water partition coefficient (Wildman–Crippen LogP) is 4.73. The molecular formula is C29H28N4O3. The molecule has 2 N–H and O–H groups in total. The van der Waals surface area contributed by atoms with Crippen molar-refractivity contribution >= 4 is 39.3 Å². The lowest BCUT2D eigenvalue weighted by Crippen LogP contribution is -2.33. The fraction of sp³-hybridized carbons (Fsp3) is 0.276. The number of imide groups is 1. The van der Waals surface area contributed by atoms with E-state index in [-0.39, 0.29) is 23.9 Å². The van der Waals surface area contributed by atoms with Crippen molar-refractivity contribution in [1.82, 2.24) is 14.5 Å². The quantitative estimate of drug-likeness (QED) is 0.442. The highest BCUT2D eigenvalue weighted by molar-refractivity contribution is 6.11. The monoisotopic (exact) mass is 480 g/mol. The molecule has 0 bridgehead atoms. The van der Waals surface area contributed by atoms with Crippen LogP contribution in [0.25, 0.3) is 21.8 Å². The summed E-state index contributed by atoms with van der Waals surface area (Å²) in [6.07, 6.45) is 3.10. The van der Waals surface area contributed by atoms with Crippen LogP contribution in [-0.2, 0) is 16.1 Å². The Labute approximate surface area is 208 Å². The Hall–Kier alpha value is -4.13. The maximum absolute atomic E-state index is 13.7. The number of carbonyl (C=O) groups is 2. The molecule has 36 heavy (non-hydrogen) atoms. The number of hydrogen-bond acceptors (Lipinski definition) is 4. The molecule has 2 aromatic carbocycles. The first-order chi connectivity index (χ1) is 17.3. The molecule has 0 saturated heterocycles. The zero-order chi connectivity index (χ0) is 25.1. The Morgan fingerprint density at radius 1 is 1.08 bits per heavy atom. The van der Waals surface area contributed by atoms with Gasteiger partial charge in [-0.25, -0.2) is 0 Å². The van der Waals surface area contributed by atoms with Crippen LogP contribution in [0.15, 0.2) is 70.8 Å². The van der Waals surface area contributed by atoms with E-state index in [0.29, 0.717) is 22.8 Å². The second-order valence-corrected chi connectivity index (χ2v) is 10.2. The summed E-state index contributed by atoms with van der Waals surface area (Å²) < 4.78 is 2.23. The standard InChI is InChI=1S/C29H28N4O3/c1-16(2)11-12-32-14-20-25(19-13-18-7-4-5-8-21(18)31-28(19)35)27-23(15-33(17(3)34)29(27)36)30-22-9-6-10-24(32)26(20)22/h4-10,13-14,16,25,30H,11-12,15H2,1-3H3,(H,31,35)/t25-/m0/s1. The largest absolute Gasteiger partial charge is 0.356 e. The number of carbonyl (C=O) groups excluding carboxylic acids is 2. The number of nitrogens with one attached hydrogen (secondary N) is 2. The fourth-order valence-electron chi connectivity index (χ4n) is 5.56. The van der Waals surface area contributed by atoms with Gasteiger partial charge in [0.05, 0.1) is 17.6 Å². The average molecular weight is 481 g/mol. The van der Waals surface area contributed by atoms with E-state index in [9.17, 15) is 14.4 Å². The van der Waals surface area contributed by atoms with Crippen LogP contribution in [-0.4, -0.2) is 32.8 Å². The van der Waals surface area contributed by atoms with Crippen LogP contribution < -0.4 is 10.9 Å². The molecule has 4 heterocycles. The lowest BCUT2D eigenvalue weighted by atomic mass is 9.84. The maximum Gasteiger partial charge on any atom is 0.259 e. The highest BCUT2D eigenvalue weighted by atomic mass is 16.2. The zero-order valence-corrected chi connectivity index (χ0v) is 20.6. The number of aryl methyl sites for hydroxylation is 1. The molecule has 6 rings (SSSR count). The Morgan fingerprint density at radius 2 is 1.89 bits per heavy atom. The molecule has 2 aromatic heterocycles. The SMILES string of the molecule is CC(=O)N1CC2=C(C1=O)[C@@H](c1cc3ccccc3[nH]c1=O)c1cn(CCC(C)C)c3cccc(c13)N2. The van der Waals surface area contributed by atoms with Crippen molar-refractivity contribution in [3.63, 3.8) is 0 Å². The second kappa shape index (κ2) is 8.22. The first-order valence-electron chi connectivity index (χ1n) is 12.4. The van der Waals surface area contributed by atoms with E-state index in [4.69, 9.17) is 0 Å². The molecule has 0 radical (unpaired) electrons. The van der Waals surface area contributed by atoms with E-state index in [1.54, 1.807) is 0 Å². The van der Waals surface area contributed by atoms with Gasteiger partial charge in [-0.1, -0.05) is 38.1 Å². The Morgan fingerprint density at radius 3 is 2.67 bits per heavy atom. The predicted molar refractivity (Wildman–Crippen MR) is 141 cm³/mol. The van der Waals surface area contributed by atoms with Gasteiger partial charge in [0.1, 0.15) is 0 Å². The molecule has 0 aliphatic carbocycles. The van der Waals surface area contributed by atoms with Crippen molar-refractivity contribution in [3.8, 4) is 0 Å². The number of benzene rings is 2. The molecule has 0 unspecified atom stereocenters. The molecule has 182 valence electrons. The fourth-order valence-corrected chi connectivity index (χ4v) is 5.56. The molecule has 0 spiro atoms. The van der Waals surface area contributed by atoms with Gasteiger partial charge in [0.25, 0.3) is 11.5 Å². The van der Waals surface area contributed by atoms with Crippen LogP contribution in [0.1, 0.15) is 44.2 Å². The number of hydrogen-bond donors (Lipinski definition) is 2. The van der Waals surface area contributed by atoms with Crippen LogP contribution in [0.2, 0.25) is 0 Å². The topological polar surface area (TPSA) is 87.2 Å². The lowest BCUT2D eigenvalue weighted by Gasteiger charge is -2.19. The van der Waals surface area contributed by atoms with Gasteiger partial charge in [-0.15, -0.1) is 0 Å². The molecule has 2 aliphatic rings. The third kappa shape index (κ3) is 3.38. The number of anilines is 1. The summed E-state index contributed by atoms with van der Waals surface area (Å²) in [5.74, 6) is -0.731. The minimum absolute atomic E-state index is 0.166. The number of fused-ring (bicyclic) bond motifs is 1. The summed E-state index contributed by atoms with van der Waals surface area (Å²) in [6.45, 7) is 6.80. The molecule has 2 amide bonds. The summed E-state index contributed by atoms with van der Waals surface area (Å²) >= 11 is 0. The molecule has 0 fully saturated rings. The minimum Gasteiger partial charge on any atom is -0.356 e. The zero-order valence-electron chi connectivity index (χ0n) is 20.6. The van der Waals surface area contributed by atoms with Crippen LogP contribution in [0.4, 0.5) is 5.69 Å². The highest BCUT2D eigenvalue weighted by Crippen LogP contribution is 2.46. The van der Waals surface area contributed by atoms with Gasteiger partial charge in [0.2, 0.25) is 5.91 Å². The van der Waals surface area contributed by atoms with Gasteiger partial charge in [-0.05, 0) is 47.6 Å². The lowest BCUT2D eigenvalue weighted by molar-refractivity contribution is -0.139. The van der Waals surface area contributed by atoms with Gasteiger partial charge < -0.3 is 14.9 Å². The van der Waals surface area contributed by atoms with Crippen molar-refractivity contribution in [2.45, 2.75) is 39.7 Å². The van der Waals surface area contributed by atoms with E-state index < -0.39 is 5.92 Å². The average Bonchev–Trinajstić information content (AvgIpc) is 3.33. The first kappa shape index (κ1) is 22.3. The van der Waals surface area contributed by atoms with E-state index in [0.717, 1.165) is 46.0 Å². The molecule has 7 heteroatoms. The molecule has 2 aliphatic heterocycles. The van der Waals surface area contributed by atoms with Crippen LogP contribution in [0.3, 0.4) is 0 Å². The number of para-hydroxylation sites is 1. The minimum atomic E-state index is -0.607. The van der Waals surface area contributed by atoms with Crippen molar-refractivity contribution in [1.29, 1.82) is 0 Å². The number of rotatable bonds is 4. The van der Waals surface area contributed by atoms with Crippen LogP contribution in [0.5, 0.6) is 0 Å². The summed E-state index contributed by atoms with van der Waals surface area (Å²) in [5, 5.41) is 5.38. The molecule has 0 saturated carbocycles. The molecular weight excluding hydrogens is 452 g/mol. The van der Waals surface area contributed by atoms with Crippen molar-refractivity contribution in [2.75, 3.05) is 11.9 Å². The molecule has 1 atom stereocenters. The van der Waals surface area contributed by atoms with E-state index in [2.05, 4.69) is 41.0 Å². The Kier molecular flexibility index (Phi) is 5.10. The molecule has 4 aromatic rings. The summed E-state index contributed by atoms with van der Waals surface area (Å²) in [5.41, 5.74) is 5.00. The summed E-state index contributed by atoms with van der Waals surface area (Å²) in [4.78, 5) is 43.8. The van der Waals surface area contributed by atoms with Crippen LogP contribution in [0, 0.1) is 5.92 Å². The van der Waals surface area contributed by atoms with Gasteiger partial charge in [-0.3, -0.25) is 19.3 Å². The second-order valence-electron chi connectivity index (χ2n) is 10.2. The molecule has 7 nitrogen and oxygen atoms in total. The first-order valence-corrected chi connectivity index (χ1v) is 12.4. The number of nitrogens with zero attached hydrogens (tertiary/aromatic N) is 2. The highest BCUT2D eigenvalue weighted by Gasteiger charge is 2.42. The van der Waals surface area contributed by atoms with E-state index >= 15 is 0 Å². The Balaban J connectivity index is 1.65. The van der Waals surface area contributed by atoms with E-state index in [1.165, 1.54) is 11.8 Å². The van der Waals surface area contributed by atoms with Gasteiger partial charge >= 0.3 is 0 Å². The number of amides is 2. The normalized spacial score (nSPS) is 17.2. The summed E-state index contributed by atoms with van der Waals surface area (Å²) in [7, 11) is 0. The van der Waals surface area contributed by atoms with Gasteiger partial charge in [0.15, 0.2) is 0 Å². The maximum atomic E-state index is 13.7. The third-order valence-electron chi connectivity index (χ3n) is 7.36. The van der Waals surface area contributed by atoms with Gasteiger partial charge in [-0.2, -0.15) is 0 Å². The van der Waals surface area contributed by atoms with Crippen molar-refractivity contribution in [3.05, 3.63) is 87.5 Å². The number of H-pyrrole nitrogens is 1. The number of pyridine rings is 1.